The van der Waals surface area contributed by atoms with E-state index >= 15 is 0 Å². The van der Waals surface area contributed by atoms with E-state index in [0.29, 0.717) is 17.1 Å². The molecule has 61 heavy (non-hydrogen) atoms. The van der Waals surface area contributed by atoms with Crippen LogP contribution in [0.1, 0.15) is 0 Å². The number of aromatic nitrogens is 2. The van der Waals surface area contributed by atoms with Gasteiger partial charge >= 0.3 is 0 Å². The zero-order valence-corrected chi connectivity index (χ0v) is 32.5. The molecular weight excluding hydrogens is 753 g/mol. The monoisotopic (exact) mass is 784 g/mol. The summed E-state index contributed by atoms with van der Waals surface area (Å²) in [6, 6.07) is 64.8. The molecule has 0 amide bonds. The minimum atomic E-state index is 0.493. The van der Waals surface area contributed by atoms with Gasteiger partial charge in [-0.2, -0.15) is 4.98 Å². The number of anilines is 6. The second-order valence-corrected chi connectivity index (χ2v) is 15.4. The summed E-state index contributed by atoms with van der Waals surface area (Å²) in [4.78, 5) is 14.7. The van der Waals surface area contributed by atoms with E-state index in [4.69, 9.17) is 23.2 Å². The molecule has 0 spiro atoms. The number of para-hydroxylation sites is 2. The highest BCUT2D eigenvalue weighted by Crippen LogP contribution is 2.44. The van der Waals surface area contributed by atoms with Gasteiger partial charge in [0.1, 0.15) is 33.7 Å². The predicted molar refractivity (Wildman–Crippen MR) is 248 cm³/mol. The van der Waals surface area contributed by atoms with Crippen molar-refractivity contribution in [3.63, 3.8) is 0 Å². The molecule has 7 heteroatoms. The standard InChI is InChI=1S/C54H32N4O3/c1-3-15-38-33(11-1)13-9-19-45(38)57(35-23-25-42-40-17-5-7-21-47(40)59-49(42)29-35)37-31-51-53(55-32-37)44-27-28-52(56-54(44)61-51)58(46-20-10-14-34-12-2-4-16-39(34)46)36-24-26-43-41-18-6-8-22-48(41)60-50(43)30-36/h1-32H. The van der Waals surface area contributed by atoms with Crippen LogP contribution < -0.4 is 9.80 Å². The summed E-state index contributed by atoms with van der Waals surface area (Å²) in [6.45, 7) is 0. The molecule has 0 aliphatic heterocycles. The van der Waals surface area contributed by atoms with Crippen molar-refractivity contribution in [3.05, 3.63) is 194 Å². The van der Waals surface area contributed by atoms with E-state index in [2.05, 4.69) is 155 Å². The maximum atomic E-state index is 6.71. The summed E-state index contributed by atoms with van der Waals surface area (Å²) in [5.41, 5.74) is 9.90. The van der Waals surface area contributed by atoms with Gasteiger partial charge in [-0.3, -0.25) is 4.90 Å². The van der Waals surface area contributed by atoms with Crippen molar-refractivity contribution in [1.29, 1.82) is 0 Å². The number of hydrogen-bond acceptors (Lipinski definition) is 7. The average molecular weight is 785 g/mol. The van der Waals surface area contributed by atoms with Crippen LogP contribution >= 0.6 is 0 Å². The van der Waals surface area contributed by atoms with Gasteiger partial charge in [0.25, 0.3) is 0 Å². The van der Waals surface area contributed by atoms with Crippen LogP contribution in [0.25, 0.3) is 87.6 Å². The normalized spacial score (nSPS) is 11.9. The Morgan fingerprint density at radius 3 is 1.48 bits per heavy atom. The number of benzene rings is 8. The number of fused-ring (bicyclic) bond motifs is 11. The lowest BCUT2D eigenvalue weighted by Crippen LogP contribution is -2.12. The minimum absolute atomic E-state index is 0.493. The number of nitrogens with zero attached hydrogens (tertiary/aromatic N) is 4. The molecule has 0 unspecified atom stereocenters. The van der Waals surface area contributed by atoms with Gasteiger partial charge in [-0.1, -0.05) is 109 Å². The van der Waals surface area contributed by atoms with E-state index in [1.807, 2.05) is 48.7 Å². The van der Waals surface area contributed by atoms with Crippen molar-refractivity contribution < 1.29 is 13.3 Å². The van der Waals surface area contributed by atoms with Crippen molar-refractivity contribution in [2.24, 2.45) is 0 Å². The first-order chi connectivity index (χ1) is 30.2. The van der Waals surface area contributed by atoms with E-state index in [1.165, 1.54) is 0 Å². The lowest BCUT2D eigenvalue weighted by Gasteiger charge is -2.26. The van der Waals surface area contributed by atoms with E-state index in [-0.39, 0.29) is 0 Å². The zero-order valence-electron chi connectivity index (χ0n) is 32.5. The molecule has 0 aliphatic rings. The Kier molecular flexibility index (Phi) is 7.17. The SMILES string of the molecule is c1ccc2c(N(c3ccc4c(c3)oc3ccccc34)c3cnc4c(c3)oc3nc(N(c5ccc6c(c5)oc5ccccc56)c5cccc6ccccc56)ccc34)cccc2c1. The Labute approximate surface area is 347 Å². The van der Waals surface area contributed by atoms with Crippen LogP contribution in [-0.4, -0.2) is 9.97 Å². The summed E-state index contributed by atoms with van der Waals surface area (Å²) in [5.74, 6) is 0.704. The van der Waals surface area contributed by atoms with Gasteiger partial charge in [0, 0.05) is 56.2 Å². The van der Waals surface area contributed by atoms with Crippen molar-refractivity contribution >= 4 is 122 Å². The van der Waals surface area contributed by atoms with Crippen molar-refractivity contribution in [1.82, 2.24) is 9.97 Å². The van der Waals surface area contributed by atoms with E-state index < -0.39 is 0 Å². The molecule has 8 aromatic carbocycles. The van der Waals surface area contributed by atoms with Gasteiger partial charge in [0.15, 0.2) is 5.58 Å². The molecule has 0 atom stereocenters. The molecule has 0 saturated heterocycles. The van der Waals surface area contributed by atoms with Crippen LogP contribution in [0.15, 0.2) is 208 Å². The highest BCUT2D eigenvalue weighted by atomic mass is 16.3. The average Bonchev–Trinajstić information content (AvgIpc) is 3.99. The molecule has 0 aliphatic carbocycles. The molecule has 286 valence electrons. The Morgan fingerprint density at radius 2 is 0.836 bits per heavy atom. The van der Waals surface area contributed by atoms with Crippen LogP contribution in [0.3, 0.4) is 0 Å². The fraction of sp³-hybridized carbons (Fsp3) is 0. The molecule has 0 N–H and O–H groups in total. The predicted octanol–water partition coefficient (Wildman–Crippen LogP) is 15.4. The first-order valence-corrected chi connectivity index (χ1v) is 20.3. The number of hydrogen-bond donors (Lipinski definition) is 0. The van der Waals surface area contributed by atoms with Crippen LogP contribution in [0.5, 0.6) is 0 Å². The highest BCUT2D eigenvalue weighted by Gasteiger charge is 2.23. The molecule has 0 radical (unpaired) electrons. The van der Waals surface area contributed by atoms with E-state index in [0.717, 1.165) is 105 Å². The largest absolute Gasteiger partial charge is 0.456 e. The fourth-order valence-corrected chi connectivity index (χ4v) is 9.09. The van der Waals surface area contributed by atoms with Crippen molar-refractivity contribution in [3.8, 4) is 0 Å². The maximum Gasteiger partial charge on any atom is 0.230 e. The molecular formula is C54H32N4O3. The summed E-state index contributed by atoms with van der Waals surface area (Å²) in [5, 5.41) is 9.62. The minimum Gasteiger partial charge on any atom is -0.456 e. The van der Waals surface area contributed by atoms with Crippen molar-refractivity contribution in [2.45, 2.75) is 0 Å². The maximum absolute atomic E-state index is 6.71. The van der Waals surface area contributed by atoms with E-state index in [9.17, 15) is 0 Å². The Bertz CT molecular complexity index is 3620. The molecule has 13 rings (SSSR count). The number of rotatable bonds is 6. The molecule has 0 saturated carbocycles. The van der Waals surface area contributed by atoms with Crippen LogP contribution in [-0.2, 0) is 0 Å². The van der Waals surface area contributed by atoms with Gasteiger partial charge in [-0.15, -0.1) is 0 Å². The Morgan fingerprint density at radius 1 is 0.344 bits per heavy atom. The topological polar surface area (TPSA) is 71.7 Å². The van der Waals surface area contributed by atoms with Crippen LogP contribution in [0.4, 0.5) is 34.3 Å². The number of furan rings is 3. The molecule has 0 fully saturated rings. The zero-order chi connectivity index (χ0) is 40.0. The second-order valence-electron chi connectivity index (χ2n) is 15.4. The summed E-state index contributed by atoms with van der Waals surface area (Å²) < 4.78 is 19.5. The van der Waals surface area contributed by atoms with Crippen molar-refractivity contribution in [2.75, 3.05) is 9.80 Å². The number of pyridine rings is 2. The van der Waals surface area contributed by atoms with E-state index in [1.54, 1.807) is 0 Å². The first-order valence-electron chi connectivity index (χ1n) is 20.3. The van der Waals surface area contributed by atoms with Gasteiger partial charge in [-0.25, -0.2) is 4.98 Å². The third kappa shape index (κ3) is 5.24. The van der Waals surface area contributed by atoms with Crippen LogP contribution in [0.2, 0.25) is 0 Å². The lowest BCUT2D eigenvalue weighted by atomic mass is 10.1. The van der Waals surface area contributed by atoms with Gasteiger partial charge in [0.05, 0.1) is 34.3 Å². The third-order valence-corrected chi connectivity index (χ3v) is 11.9. The summed E-state index contributed by atoms with van der Waals surface area (Å²) in [6.07, 6.45) is 1.92. The third-order valence-electron chi connectivity index (χ3n) is 11.9. The summed E-state index contributed by atoms with van der Waals surface area (Å²) in [7, 11) is 0. The molecule has 5 aromatic heterocycles. The first kappa shape index (κ1) is 33.5. The van der Waals surface area contributed by atoms with Gasteiger partial charge in [0.2, 0.25) is 5.71 Å². The fourth-order valence-electron chi connectivity index (χ4n) is 9.09. The second kappa shape index (κ2) is 13.0. The Hall–Kier alpha value is -8.42. The molecule has 0 bridgehead atoms. The smallest absolute Gasteiger partial charge is 0.230 e. The quantitative estimate of drug-likeness (QED) is 0.166. The van der Waals surface area contributed by atoms with Gasteiger partial charge in [-0.05, 0) is 71.4 Å². The summed E-state index contributed by atoms with van der Waals surface area (Å²) >= 11 is 0. The molecule has 7 nitrogen and oxygen atoms in total. The molecule has 5 heterocycles. The Balaban J connectivity index is 0.981. The lowest BCUT2D eigenvalue weighted by molar-refractivity contribution is 0.653. The van der Waals surface area contributed by atoms with Crippen LogP contribution in [0, 0.1) is 0 Å². The highest BCUT2D eigenvalue weighted by molar-refractivity contribution is 6.09. The molecule has 13 aromatic rings. The van der Waals surface area contributed by atoms with Gasteiger partial charge < -0.3 is 18.2 Å².